The van der Waals surface area contributed by atoms with Crippen molar-refractivity contribution in [2.45, 2.75) is 76.2 Å². The van der Waals surface area contributed by atoms with Gasteiger partial charge in [-0.2, -0.15) is 0 Å². The molecule has 1 aliphatic carbocycles. The van der Waals surface area contributed by atoms with Crippen molar-refractivity contribution in [2.24, 2.45) is 11.7 Å². The smallest absolute Gasteiger partial charge is 0.319 e. The molecule has 0 amide bonds. The minimum Gasteiger partial charge on any atom is -0.480 e. The first-order chi connectivity index (χ1) is 9.25. The first-order valence-corrected chi connectivity index (χ1v) is 9.30. The lowest BCUT2D eigenvalue weighted by atomic mass is 9.87. The van der Waals surface area contributed by atoms with Crippen LogP contribution in [0.5, 0.6) is 0 Å². The molecule has 0 aromatic rings. The number of nitrogens with two attached hydrogens (primary N) is 1. The van der Waals surface area contributed by atoms with Crippen molar-refractivity contribution < 1.29 is 19.4 Å². The van der Waals surface area contributed by atoms with E-state index in [1.54, 1.807) is 0 Å². The van der Waals surface area contributed by atoms with Crippen LogP contribution < -0.4 is 5.73 Å². The third kappa shape index (κ3) is 3.63. The average molecular weight is 305 g/mol. The van der Waals surface area contributed by atoms with E-state index in [9.17, 15) is 19.4 Å². The van der Waals surface area contributed by atoms with Crippen LogP contribution in [0.4, 0.5) is 0 Å². The summed E-state index contributed by atoms with van der Waals surface area (Å²) in [4.78, 5) is 21.9. The summed E-state index contributed by atoms with van der Waals surface area (Å²) in [6.45, 7) is 3.17. The third-order valence-electron chi connectivity index (χ3n) is 4.65. The van der Waals surface area contributed by atoms with E-state index in [1.807, 2.05) is 6.92 Å². The lowest BCUT2D eigenvalue weighted by Gasteiger charge is -2.35. The fourth-order valence-electron chi connectivity index (χ4n) is 3.16. The molecule has 4 N–H and O–H groups in total. The van der Waals surface area contributed by atoms with Gasteiger partial charge >= 0.3 is 5.97 Å². The molecular formula is C14H28NO4P. The molecule has 6 heteroatoms. The Morgan fingerprint density at radius 1 is 1.40 bits per heavy atom. The highest BCUT2D eigenvalue weighted by Crippen LogP contribution is 2.60. The maximum Gasteiger partial charge on any atom is 0.319 e. The highest BCUT2D eigenvalue weighted by Gasteiger charge is 2.52. The Morgan fingerprint density at radius 2 is 1.95 bits per heavy atom. The van der Waals surface area contributed by atoms with Gasteiger partial charge in [0.05, 0.1) is 5.78 Å². The lowest BCUT2D eigenvalue weighted by Crippen LogP contribution is -2.41. The van der Waals surface area contributed by atoms with E-state index in [0.29, 0.717) is 18.8 Å². The molecule has 0 radical (unpaired) electrons. The van der Waals surface area contributed by atoms with Crippen molar-refractivity contribution >= 4 is 13.3 Å². The van der Waals surface area contributed by atoms with Crippen LogP contribution in [0, 0.1) is 5.92 Å². The van der Waals surface area contributed by atoms with Crippen LogP contribution in [0.3, 0.4) is 0 Å². The molecule has 0 aromatic heterocycles. The fourth-order valence-corrected chi connectivity index (χ4v) is 5.30. The van der Waals surface area contributed by atoms with Crippen LogP contribution >= 0.6 is 7.37 Å². The largest absolute Gasteiger partial charge is 0.480 e. The van der Waals surface area contributed by atoms with Gasteiger partial charge in [-0.15, -0.1) is 0 Å². The van der Waals surface area contributed by atoms with Crippen LogP contribution in [0.1, 0.15) is 65.2 Å². The molecule has 1 rings (SSSR count). The number of hydrogen-bond acceptors (Lipinski definition) is 3. The van der Waals surface area contributed by atoms with Crippen LogP contribution in [-0.4, -0.2) is 26.9 Å². The van der Waals surface area contributed by atoms with E-state index in [1.165, 1.54) is 13.3 Å². The van der Waals surface area contributed by atoms with Crippen LogP contribution in [-0.2, 0) is 9.36 Å². The van der Waals surface area contributed by atoms with Gasteiger partial charge in [-0.3, -0.25) is 9.36 Å². The average Bonchev–Trinajstić information content (AvgIpc) is 2.39. The zero-order valence-corrected chi connectivity index (χ0v) is 13.4. The summed E-state index contributed by atoms with van der Waals surface area (Å²) in [5.41, 5.74) is 5.96. The number of carbonyl (C=O) groups is 1. The number of aliphatic carboxylic acids is 1. The van der Waals surface area contributed by atoms with Gasteiger partial charge in [0.25, 0.3) is 0 Å². The van der Waals surface area contributed by atoms with E-state index in [4.69, 9.17) is 5.73 Å². The zero-order chi connectivity index (χ0) is 15.4. The molecule has 0 heterocycles. The fraction of sp³-hybridized carbons (Fsp3) is 0.929. The Bertz CT molecular complexity index is 381. The standard InChI is InChI=1S/C14H28NO4P/c1-3-9-14(2,13(16)17)20(18,19)12(15)10-11-7-5-4-6-8-11/h11-12H,3-10,15H2,1-2H3,(H,16,17)(H,18,19)/t12-,14?/m1/s1. The van der Waals surface area contributed by atoms with Crippen molar-refractivity contribution in [1.29, 1.82) is 0 Å². The Morgan fingerprint density at radius 3 is 2.40 bits per heavy atom. The van der Waals surface area contributed by atoms with E-state index in [0.717, 1.165) is 25.7 Å². The van der Waals surface area contributed by atoms with Gasteiger partial charge in [0.2, 0.25) is 7.37 Å². The van der Waals surface area contributed by atoms with Crippen molar-refractivity contribution in [3.63, 3.8) is 0 Å². The highest BCUT2D eigenvalue weighted by molar-refractivity contribution is 7.61. The summed E-state index contributed by atoms with van der Waals surface area (Å²) < 4.78 is 12.7. The summed E-state index contributed by atoms with van der Waals surface area (Å²) in [5.74, 6) is -1.79. The second-order valence-corrected chi connectivity index (χ2v) is 9.16. The summed E-state index contributed by atoms with van der Waals surface area (Å²) in [6.07, 6.45) is 6.73. The summed E-state index contributed by atoms with van der Waals surface area (Å²) in [6, 6.07) is 0. The highest BCUT2D eigenvalue weighted by atomic mass is 31.2. The molecule has 0 aliphatic heterocycles. The Balaban J connectivity index is 2.83. The molecule has 1 aliphatic rings. The molecular weight excluding hydrogens is 277 g/mol. The quantitative estimate of drug-likeness (QED) is 0.627. The van der Waals surface area contributed by atoms with E-state index in [-0.39, 0.29) is 6.42 Å². The summed E-state index contributed by atoms with van der Waals surface area (Å²) >= 11 is 0. The molecule has 0 spiro atoms. The van der Waals surface area contributed by atoms with Gasteiger partial charge in [0.15, 0.2) is 0 Å². The summed E-state index contributed by atoms with van der Waals surface area (Å²) in [7, 11) is -3.97. The minimum atomic E-state index is -3.97. The van der Waals surface area contributed by atoms with Gasteiger partial charge in [0.1, 0.15) is 5.16 Å². The maximum absolute atomic E-state index is 12.7. The van der Waals surface area contributed by atoms with Crippen LogP contribution in [0.15, 0.2) is 0 Å². The molecule has 20 heavy (non-hydrogen) atoms. The van der Waals surface area contributed by atoms with Crippen molar-refractivity contribution in [3.05, 3.63) is 0 Å². The monoisotopic (exact) mass is 305 g/mol. The molecule has 1 saturated carbocycles. The molecule has 0 bridgehead atoms. The van der Waals surface area contributed by atoms with Gasteiger partial charge in [-0.1, -0.05) is 45.4 Å². The Labute approximate surface area is 121 Å². The Kier molecular flexibility index (Phi) is 6.24. The molecule has 0 saturated heterocycles. The molecule has 118 valence electrons. The van der Waals surface area contributed by atoms with Crippen molar-refractivity contribution in [1.82, 2.24) is 0 Å². The minimum absolute atomic E-state index is 0.175. The predicted octanol–water partition coefficient (Wildman–Crippen LogP) is 3.16. The first kappa shape index (κ1) is 17.7. The lowest BCUT2D eigenvalue weighted by molar-refractivity contribution is -0.140. The number of rotatable bonds is 7. The molecule has 3 atom stereocenters. The normalized spacial score (nSPS) is 24.6. The van der Waals surface area contributed by atoms with Crippen LogP contribution in [0.25, 0.3) is 0 Å². The third-order valence-corrected chi connectivity index (χ3v) is 7.59. The summed E-state index contributed by atoms with van der Waals surface area (Å²) in [5, 5.41) is 7.74. The van der Waals surface area contributed by atoms with E-state index < -0.39 is 24.3 Å². The van der Waals surface area contributed by atoms with Gasteiger partial charge in [-0.25, -0.2) is 0 Å². The predicted molar refractivity (Wildman–Crippen MR) is 79.9 cm³/mol. The molecule has 0 aromatic carbocycles. The second kappa shape index (κ2) is 7.06. The number of carboxylic acids is 1. The van der Waals surface area contributed by atoms with E-state index in [2.05, 4.69) is 0 Å². The zero-order valence-electron chi connectivity index (χ0n) is 12.5. The van der Waals surface area contributed by atoms with Gasteiger partial charge in [0, 0.05) is 0 Å². The maximum atomic E-state index is 12.7. The van der Waals surface area contributed by atoms with Crippen LogP contribution in [0.2, 0.25) is 0 Å². The Hall–Kier alpha value is -0.380. The van der Waals surface area contributed by atoms with Gasteiger partial charge in [-0.05, 0) is 25.7 Å². The molecule has 2 unspecified atom stereocenters. The SMILES string of the molecule is CCCC(C)(C(=O)O)P(=O)(O)[C@@H](N)CC1CCCCC1. The van der Waals surface area contributed by atoms with Crippen molar-refractivity contribution in [3.8, 4) is 0 Å². The number of hydrogen-bond donors (Lipinski definition) is 3. The molecule has 5 nitrogen and oxygen atoms in total. The molecule has 1 fully saturated rings. The van der Waals surface area contributed by atoms with E-state index >= 15 is 0 Å². The topological polar surface area (TPSA) is 101 Å². The first-order valence-electron chi connectivity index (χ1n) is 7.57. The van der Waals surface area contributed by atoms with Crippen molar-refractivity contribution in [2.75, 3.05) is 0 Å². The number of carboxylic acid groups (broad SMARTS) is 1. The van der Waals surface area contributed by atoms with Gasteiger partial charge < -0.3 is 15.7 Å². The second-order valence-electron chi connectivity index (χ2n) is 6.26.